The van der Waals surface area contributed by atoms with E-state index in [1.165, 1.54) is 5.69 Å². The van der Waals surface area contributed by atoms with Gasteiger partial charge in [0.1, 0.15) is 0 Å². The molecule has 2 N–H and O–H groups in total. The number of aromatic nitrogens is 3. The van der Waals surface area contributed by atoms with Crippen LogP contribution >= 0.6 is 0 Å². The van der Waals surface area contributed by atoms with Crippen LogP contribution in [0.3, 0.4) is 0 Å². The van der Waals surface area contributed by atoms with E-state index in [1.807, 2.05) is 12.3 Å². The first-order valence-electron chi connectivity index (χ1n) is 6.35. The van der Waals surface area contributed by atoms with Crippen molar-refractivity contribution in [2.75, 3.05) is 43.4 Å². The lowest BCUT2D eigenvalue weighted by molar-refractivity contribution is 0.271. The van der Waals surface area contributed by atoms with Crippen LogP contribution in [0.5, 0.6) is 0 Å². The second-order valence-corrected chi connectivity index (χ2v) is 4.58. The van der Waals surface area contributed by atoms with Crippen molar-refractivity contribution in [2.24, 2.45) is 0 Å². The topological polar surface area (TPSA) is 62.7 Å². The van der Waals surface area contributed by atoms with E-state index in [-0.39, 0.29) is 0 Å². The number of piperazine rings is 1. The summed E-state index contributed by atoms with van der Waals surface area (Å²) in [5.41, 5.74) is 7.57. The summed E-state index contributed by atoms with van der Waals surface area (Å²) < 4.78 is 1.75. The van der Waals surface area contributed by atoms with Gasteiger partial charge < -0.3 is 15.5 Å². The normalized spacial score (nSPS) is 17.5. The lowest BCUT2D eigenvalue weighted by atomic mass is 10.3. The molecular weight excluding hydrogens is 228 g/mol. The van der Waals surface area contributed by atoms with Crippen LogP contribution in [0.1, 0.15) is 6.92 Å². The molecule has 0 aliphatic carbocycles. The Kier molecular flexibility index (Phi) is 2.79. The third-order valence-corrected chi connectivity index (χ3v) is 3.52. The van der Waals surface area contributed by atoms with Crippen molar-refractivity contribution in [3.63, 3.8) is 0 Å². The summed E-state index contributed by atoms with van der Waals surface area (Å²) in [6, 6.07) is 4.05. The van der Waals surface area contributed by atoms with E-state index in [4.69, 9.17) is 5.73 Å². The van der Waals surface area contributed by atoms with Crippen molar-refractivity contribution in [3.05, 3.63) is 18.3 Å². The van der Waals surface area contributed by atoms with Gasteiger partial charge in [0.05, 0.1) is 11.9 Å². The fraction of sp³-hybridized carbons (Fsp3) is 0.500. The number of anilines is 2. The van der Waals surface area contributed by atoms with Crippen molar-refractivity contribution in [1.29, 1.82) is 0 Å². The van der Waals surface area contributed by atoms with Crippen molar-refractivity contribution < 1.29 is 0 Å². The average Bonchev–Trinajstić information content (AvgIpc) is 2.78. The van der Waals surface area contributed by atoms with Gasteiger partial charge >= 0.3 is 0 Å². The Balaban J connectivity index is 1.82. The summed E-state index contributed by atoms with van der Waals surface area (Å²) in [6.07, 6.45) is 2.00. The number of rotatable bonds is 2. The number of nitrogens with two attached hydrogens (primary N) is 1. The third-order valence-electron chi connectivity index (χ3n) is 3.52. The van der Waals surface area contributed by atoms with Crippen molar-refractivity contribution in [2.45, 2.75) is 6.92 Å². The lowest BCUT2D eigenvalue weighted by Crippen LogP contribution is -2.46. The molecule has 0 atom stereocenters. The highest BCUT2D eigenvalue weighted by atomic mass is 15.3. The van der Waals surface area contributed by atoms with Crippen molar-refractivity contribution in [1.82, 2.24) is 19.5 Å². The molecule has 0 spiro atoms. The van der Waals surface area contributed by atoms with Crippen LogP contribution < -0.4 is 10.6 Å². The molecule has 0 saturated carbocycles. The number of pyridine rings is 1. The first-order valence-corrected chi connectivity index (χ1v) is 6.35. The highest BCUT2D eigenvalue weighted by Gasteiger charge is 2.16. The van der Waals surface area contributed by atoms with Gasteiger partial charge in [0, 0.05) is 26.2 Å². The van der Waals surface area contributed by atoms with E-state index < -0.39 is 0 Å². The predicted molar refractivity (Wildman–Crippen MR) is 71.7 cm³/mol. The summed E-state index contributed by atoms with van der Waals surface area (Å²) >= 11 is 0. The zero-order valence-electron chi connectivity index (χ0n) is 10.6. The van der Waals surface area contributed by atoms with Gasteiger partial charge in [0.15, 0.2) is 5.65 Å². The van der Waals surface area contributed by atoms with Crippen LogP contribution in [0.2, 0.25) is 0 Å². The molecule has 0 unspecified atom stereocenters. The number of hydrogen-bond donors (Lipinski definition) is 1. The van der Waals surface area contributed by atoms with Crippen LogP contribution in [-0.2, 0) is 0 Å². The Bertz CT molecular complexity index is 540. The number of fused-ring (bicyclic) bond motifs is 1. The predicted octanol–water partition coefficient (Wildman–Crippen LogP) is 0.453. The molecule has 6 heteroatoms. The van der Waals surface area contributed by atoms with Gasteiger partial charge in [-0.05, 0) is 18.7 Å². The molecule has 3 heterocycles. The summed E-state index contributed by atoms with van der Waals surface area (Å²) in [7, 11) is 0. The maximum atomic E-state index is 5.59. The zero-order valence-corrected chi connectivity index (χ0v) is 10.6. The zero-order chi connectivity index (χ0) is 12.5. The van der Waals surface area contributed by atoms with Gasteiger partial charge in [0.25, 0.3) is 0 Å². The fourth-order valence-electron chi connectivity index (χ4n) is 2.40. The van der Waals surface area contributed by atoms with E-state index >= 15 is 0 Å². The molecule has 0 radical (unpaired) electrons. The van der Waals surface area contributed by atoms with E-state index in [2.05, 4.69) is 32.9 Å². The standard InChI is InChI=1S/C12H18N6/c1-2-16-5-7-17(8-6-16)10-3-4-11-14-12(13)15-18(11)9-10/h3-4,9H,2,5-8H2,1H3,(H2,13,15). The number of hydrogen-bond acceptors (Lipinski definition) is 5. The molecule has 1 aliphatic rings. The first kappa shape index (κ1) is 11.3. The Hall–Kier alpha value is -1.82. The van der Waals surface area contributed by atoms with Crippen LogP contribution in [0, 0.1) is 0 Å². The minimum absolute atomic E-state index is 0.322. The summed E-state index contributed by atoms with van der Waals surface area (Å²) in [4.78, 5) is 8.97. The molecule has 18 heavy (non-hydrogen) atoms. The third kappa shape index (κ3) is 1.99. The van der Waals surface area contributed by atoms with Gasteiger partial charge in [-0.25, -0.2) is 4.52 Å². The van der Waals surface area contributed by atoms with Crippen LogP contribution in [-0.4, -0.2) is 52.2 Å². The number of likely N-dealkylation sites (N-methyl/N-ethyl adjacent to an activating group) is 1. The van der Waals surface area contributed by atoms with Crippen molar-refractivity contribution >= 4 is 17.3 Å². The maximum absolute atomic E-state index is 5.59. The van der Waals surface area contributed by atoms with Gasteiger partial charge in [-0.2, -0.15) is 4.98 Å². The number of nitrogen functional groups attached to an aromatic ring is 1. The maximum Gasteiger partial charge on any atom is 0.240 e. The molecule has 96 valence electrons. The minimum atomic E-state index is 0.322. The molecule has 1 aliphatic heterocycles. The molecule has 2 aromatic rings. The second-order valence-electron chi connectivity index (χ2n) is 4.58. The molecule has 0 amide bonds. The van der Waals surface area contributed by atoms with Gasteiger partial charge in [-0.1, -0.05) is 6.92 Å². The summed E-state index contributed by atoms with van der Waals surface area (Å²) in [5.74, 6) is 0.322. The van der Waals surface area contributed by atoms with Crippen LogP contribution in [0.15, 0.2) is 18.3 Å². The summed E-state index contributed by atoms with van der Waals surface area (Å²) in [5, 5.41) is 4.15. The molecule has 1 saturated heterocycles. The molecule has 1 fully saturated rings. The largest absolute Gasteiger partial charge is 0.368 e. The highest BCUT2D eigenvalue weighted by molar-refractivity contribution is 5.52. The molecule has 2 aromatic heterocycles. The van der Waals surface area contributed by atoms with E-state index in [0.717, 1.165) is 38.4 Å². The first-order chi connectivity index (χ1) is 8.76. The number of nitrogens with zero attached hydrogens (tertiary/aromatic N) is 5. The van der Waals surface area contributed by atoms with E-state index in [9.17, 15) is 0 Å². The SMILES string of the molecule is CCN1CCN(c2ccc3nc(N)nn3c2)CC1. The Morgan fingerprint density at radius 3 is 2.72 bits per heavy atom. The molecule has 0 bridgehead atoms. The fourth-order valence-corrected chi connectivity index (χ4v) is 2.40. The quantitative estimate of drug-likeness (QED) is 0.833. The van der Waals surface area contributed by atoms with Gasteiger partial charge in [-0.3, -0.25) is 0 Å². The smallest absolute Gasteiger partial charge is 0.240 e. The highest BCUT2D eigenvalue weighted by Crippen LogP contribution is 2.17. The van der Waals surface area contributed by atoms with Crippen LogP contribution in [0.25, 0.3) is 5.65 Å². The Labute approximate surface area is 106 Å². The molecule has 6 nitrogen and oxygen atoms in total. The monoisotopic (exact) mass is 246 g/mol. The second kappa shape index (κ2) is 4.45. The van der Waals surface area contributed by atoms with Crippen molar-refractivity contribution in [3.8, 4) is 0 Å². The van der Waals surface area contributed by atoms with Gasteiger partial charge in [-0.15, -0.1) is 5.10 Å². The lowest BCUT2D eigenvalue weighted by Gasteiger charge is -2.35. The summed E-state index contributed by atoms with van der Waals surface area (Å²) in [6.45, 7) is 7.70. The average molecular weight is 246 g/mol. The molecular formula is C12H18N6. The van der Waals surface area contributed by atoms with E-state index in [0.29, 0.717) is 5.95 Å². The van der Waals surface area contributed by atoms with Crippen LogP contribution in [0.4, 0.5) is 11.6 Å². The van der Waals surface area contributed by atoms with E-state index in [1.54, 1.807) is 4.52 Å². The molecule has 0 aromatic carbocycles. The molecule has 3 rings (SSSR count). The van der Waals surface area contributed by atoms with Gasteiger partial charge in [0.2, 0.25) is 5.95 Å². The minimum Gasteiger partial charge on any atom is -0.368 e. The Morgan fingerprint density at radius 1 is 1.22 bits per heavy atom. The Morgan fingerprint density at radius 2 is 2.00 bits per heavy atom.